The lowest BCUT2D eigenvalue weighted by Gasteiger charge is -2.30. The Kier molecular flexibility index (Phi) is 7.37. The van der Waals surface area contributed by atoms with E-state index in [2.05, 4.69) is 15.6 Å². The van der Waals surface area contributed by atoms with Crippen molar-refractivity contribution in [1.29, 1.82) is 0 Å². The SMILES string of the molecule is Cl.O=C(Nc1nc(-c2cc(Cl)cs2)cs1)c1cc(F)c(N2CCNCC2)c(Cl)c1. The number of carbonyl (C=O) groups excluding carboxylic acids is 1. The molecule has 154 valence electrons. The highest BCUT2D eigenvalue weighted by Crippen LogP contribution is 2.33. The number of anilines is 2. The van der Waals surface area contributed by atoms with Crippen LogP contribution in [0.15, 0.2) is 29.0 Å². The first-order valence-corrected chi connectivity index (χ1v) is 11.0. The van der Waals surface area contributed by atoms with Crippen molar-refractivity contribution in [2.45, 2.75) is 0 Å². The molecule has 0 saturated carbocycles. The lowest BCUT2D eigenvalue weighted by molar-refractivity contribution is 0.102. The van der Waals surface area contributed by atoms with Gasteiger partial charge in [0, 0.05) is 42.5 Å². The van der Waals surface area contributed by atoms with E-state index in [0.29, 0.717) is 28.9 Å². The Balaban J connectivity index is 0.00000240. The van der Waals surface area contributed by atoms with E-state index in [1.807, 2.05) is 21.7 Å². The lowest BCUT2D eigenvalue weighted by atomic mass is 10.1. The number of amides is 1. The van der Waals surface area contributed by atoms with Crippen LogP contribution >= 0.6 is 58.3 Å². The molecule has 5 nitrogen and oxygen atoms in total. The number of nitrogens with one attached hydrogen (secondary N) is 2. The molecule has 0 unspecified atom stereocenters. The predicted octanol–water partition coefficient (Wildman–Crippen LogP) is 5.40. The molecule has 29 heavy (non-hydrogen) atoms. The summed E-state index contributed by atoms with van der Waals surface area (Å²) >= 11 is 15.0. The number of halogens is 4. The van der Waals surface area contributed by atoms with Gasteiger partial charge in [0.25, 0.3) is 5.91 Å². The molecule has 1 aromatic carbocycles. The summed E-state index contributed by atoms with van der Waals surface area (Å²) in [6, 6.07) is 4.52. The van der Waals surface area contributed by atoms with E-state index < -0.39 is 11.7 Å². The Bertz CT molecular complexity index is 997. The molecule has 0 spiro atoms. The molecule has 3 heterocycles. The average molecular weight is 494 g/mol. The smallest absolute Gasteiger partial charge is 0.257 e. The summed E-state index contributed by atoms with van der Waals surface area (Å²) in [5.74, 6) is -0.967. The average Bonchev–Trinajstić information content (AvgIpc) is 3.31. The summed E-state index contributed by atoms with van der Waals surface area (Å²) in [5, 5.41) is 10.9. The predicted molar refractivity (Wildman–Crippen MR) is 122 cm³/mol. The highest BCUT2D eigenvalue weighted by Gasteiger charge is 2.21. The molecule has 2 N–H and O–H groups in total. The van der Waals surface area contributed by atoms with Gasteiger partial charge >= 0.3 is 0 Å². The van der Waals surface area contributed by atoms with Gasteiger partial charge in [-0.15, -0.1) is 35.1 Å². The fourth-order valence-electron chi connectivity index (χ4n) is 2.95. The van der Waals surface area contributed by atoms with Crippen LogP contribution in [0.5, 0.6) is 0 Å². The van der Waals surface area contributed by atoms with Crippen LogP contribution in [0.4, 0.5) is 15.2 Å². The molecule has 2 aromatic heterocycles. The van der Waals surface area contributed by atoms with Gasteiger partial charge in [0.05, 0.1) is 26.3 Å². The second-order valence-electron chi connectivity index (χ2n) is 6.15. The van der Waals surface area contributed by atoms with Gasteiger partial charge < -0.3 is 10.2 Å². The van der Waals surface area contributed by atoms with E-state index in [1.54, 1.807) is 0 Å². The second-order valence-corrected chi connectivity index (χ2v) is 8.76. The third kappa shape index (κ3) is 5.02. The molecule has 1 aliphatic rings. The van der Waals surface area contributed by atoms with E-state index in [4.69, 9.17) is 23.2 Å². The summed E-state index contributed by atoms with van der Waals surface area (Å²) in [4.78, 5) is 19.7. The number of piperazine rings is 1. The van der Waals surface area contributed by atoms with Gasteiger partial charge in [-0.25, -0.2) is 9.37 Å². The van der Waals surface area contributed by atoms with E-state index in [1.165, 1.54) is 34.8 Å². The molecule has 1 saturated heterocycles. The van der Waals surface area contributed by atoms with Crippen LogP contribution in [0.25, 0.3) is 10.6 Å². The van der Waals surface area contributed by atoms with Crippen LogP contribution in [-0.4, -0.2) is 37.1 Å². The maximum Gasteiger partial charge on any atom is 0.257 e. The van der Waals surface area contributed by atoms with Gasteiger partial charge in [-0.05, 0) is 18.2 Å². The number of nitrogens with zero attached hydrogens (tertiary/aromatic N) is 2. The van der Waals surface area contributed by atoms with Crippen LogP contribution in [0, 0.1) is 5.82 Å². The summed E-state index contributed by atoms with van der Waals surface area (Å²) in [6.45, 7) is 2.85. The van der Waals surface area contributed by atoms with Gasteiger partial charge in [-0.1, -0.05) is 23.2 Å². The fourth-order valence-corrected chi connectivity index (χ4v) is 5.09. The molecule has 0 atom stereocenters. The zero-order valence-corrected chi connectivity index (χ0v) is 18.8. The van der Waals surface area contributed by atoms with Crippen molar-refractivity contribution in [3.63, 3.8) is 0 Å². The van der Waals surface area contributed by atoms with Gasteiger partial charge in [-0.2, -0.15) is 0 Å². The number of aromatic nitrogens is 1. The normalized spacial score (nSPS) is 13.8. The topological polar surface area (TPSA) is 57.3 Å². The summed E-state index contributed by atoms with van der Waals surface area (Å²) in [6.07, 6.45) is 0. The van der Waals surface area contributed by atoms with Crippen LogP contribution in [-0.2, 0) is 0 Å². The number of hydrogen-bond acceptors (Lipinski definition) is 6. The van der Waals surface area contributed by atoms with Gasteiger partial charge in [0.1, 0.15) is 5.82 Å². The number of hydrogen-bond donors (Lipinski definition) is 2. The molecule has 0 radical (unpaired) electrons. The number of benzene rings is 1. The Morgan fingerprint density at radius 2 is 1.93 bits per heavy atom. The van der Waals surface area contributed by atoms with Crippen LogP contribution in [0.2, 0.25) is 10.0 Å². The second kappa shape index (κ2) is 9.59. The first-order chi connectivity index (χ1) is 13.5. The van der Waals surface area contributed by atoms with E-state index in [0.717, 1.165) is 23.7 Å². The molecule has 11 heteroatoms. The monoisotopic (exact) mass is 492 g/mol. The van der Waals surface area contributed by atoms with E-state index >= 15 is 0 Å². The third-order valence-electron chi connectivity index (χ3n) is 4.26. The highest BCUT2D eigenvalue weighted by molar-refractivity contribution is 7.16. The minimum absolute atomic E-state index is 0. The minimum Gasteiger partial charge on any atom is -0.365 e. The number of thiazole rings is 1. The molecular formula is C18H16Cl3FN4OS2. The van der Waals surface area contributed by atoms with Gasteiger partial charge in [0.2, 0.25) is 0 Å². The Morgan fingerprint density at radius 3 is 2.59 bits per heavy atom. The standard InChI is InChI=1S/C18H15Cl2FN4OS2.ClH/c19-11-7-15(27-8-11)14-9-28-18(23-14)24-17(26)10-5-12(20)16(13(21)6-10)25-3-1-22-2-4-25;/h5-9,22H,1-4H2,(H,23,24,26);1H. The Labute approximate surface area is 191 Å². The van der Waals surface area contributed by atoms with Crippen molar-refractivity contribution in [3.8, 4) is 10.6 Å². The maximum absolute atomic E-state index is 14.7. The summed E-state index contributed by atoms with van der Waals surface area (Å²) in [5.41, 5.74) is 1.22. The zero-order chi connectivity index (χ0) is 19.7. The summed E-state index contributed by atoms with van der Waals surface area (Å²) in [7, 11) is 0. The zero-order valence-electron chi connectivity index (χ0n) is 14.9. The van der Waals surface area contributed by atoms with Crippen molar-refractivity contribution in [2.24, 2.45) is 0 Å². The third-order valence-corrected chi connectivity index (χ3v) is 6.60. The highest BCUT2D eigenvalue weighted by atomic mass is 35.5. The number of carbonyl (C=O) groups is 1. The first kappa shape index (κ1) is 22.3. The lowest BCUT2D eigenvalue weighted by Crippen LogP contribution is -2.44. The van der Waals surface area contributed by atoms with E-state index in [9.17, 15) is 9.18 Å². The Morgan fingerprint density at radius 1 is 1.17 bits per heavy atom. The van der Waals surface area contributed by atoms with E-state index in [-0.39, 0.29) is 23.0 Å². The van der Waals surface area contributed by atoms with Crippen molar-refractivity contribution in [1.82, 2.24) is 10.3 Å². The Hall–Kier alpha value is -1.42. The largest absolute Gasteiger partial charge is 0.365 e. The molecule has 1 aliphatic heterocycles. The molecule has 1 amide bonds. The van der Waals surface area contributed by atoms with Crippen molar-refractivity contribution < 1.29 is 9.18 Å². The van der Waals surface area contributed by atoms with Crippen molar-refractivity contribution in [2.75, 3.05) is 36.4 Å². The van der Waals surface area contributed by atoms with Crippen LogP contribution in [0.1, 0.15) is 10.4 Å². The molecule has 3 aromatic rings. The van der Waals surface area contributed by atoms with Gasteiger partial charge in [-0.3, -0.25) is 10.1 Å². The van der Waals surface area contributed by atoms with Crippen LogP contribution in [0.3, 0.4) is 0 Å². The first-order valence-electron chi connectivity index (χ1n) is 8.47. The quantitative estimate of drug-likeness (QED) is 0.511. The minimum atomic E-state index is -0.507. The molecule has 1 fully saturated rings. The van der Waals surface area contributed by atoms with Crippen molar-refractivity contribution in [3.05, 3.63) is 50.4 Å². The maximum atomic E-state index is 14.7. The number of thiophene rings is 1. The van der Waals surface area contributed by atoms with Crippen molar-refractivity contribution >= 4 is 75.0 Å². The van der Waals surface area contributed by atoms with Gasteiger partial charge in [0.15, 0.2) is 5.13 Å². The molecule has 4 rings (SSSR count). The molecule has 0 bridgehead atoms. The van der Waals surface area contributed by atoms with Crippen LogP contribution < -0.4 is 15.5 Å². The molecule has 0 aliphatic carbocycles. The summed E-state index contributed by atoms with van der Waals surface area (Å²) < 4.78 is 14.7. The fraction of sp³-hybridized carbons (Fsp3) is 0.222. The number of rotatable bonds is 4. The molecular weight excluding hydrogens is 478 g/mol.